The van der Waals surface area contributed by atoms with Crippen molar-refractivity contribution >= 4 is 27.6 Å². The molecule has 0 radical (unpaired) electrons. The average Bonchev–Trinajstić information content (AvgIpc) is 3.17. The molecule has 0 saturated heterocycles. The lowest BCUT2D eigenvalue weighted by Crippen LogP contribution is -2.20. The third-order valence-electron chi connectivity index (χ3n) is 4.65. The van der Waals surface area contributed by atoms with Crippen LogP contribution in [-0.2, 0) is 13.1 Å². The number of hydrogen-bond acceptors (Lipinski definition) is 4. The van der Waals surface area contributed by atoms with Gasteiger partial charge in [-0.25, -0.2) is 9.67 Å². The van der Waals surface area contributed by atoms with Gasteiger partial charge in [0.25, 0.3) is 5.56 Å². The second-order valence-electron chi connectivity index (χ2n) is 6.91. The van der Waals surface area contributed by atoms with E-state index < -0.39 is 0 Å². The fourth-order valence-electron chi connectivity index (χ4n) is 3.36. The van der Waals surface area contributed by atoms with Crippen molar-refractivity contribution < 1.29 is 0 Å². The Balaban J connectivity index is 2.18. The normalized spacial score (nSPS) is 12.2. The van der Waals surface area contributed by atoms with Gasteiger partial charge in [0.2, 0.25) is 0 Å². The predicted molar refractivity (Wildman–Crippen MR) is 97.9 cm³/mol. The summed E-state index contributed by atoms with van der Waals surface area (Å²) in [4.78, 5) is 17.4. The van der Waals surface area contributed by atoms with E-state index in [1.54, 1.807) is 6.20 Å². The van der Waals surface area contributed by atoms with E-state index in [0.717, 1.165) is 47.4 Å². The van der Waals surface area contributed by atoms with Crippen molar-refractivity contribution in [1.29, 1.82) is 0 Å². The molecule has 0 aliphatic carbocycles. The molecule has 130 valence electrons. The minimum absolute atomic E-state index is 0.127. The van der Waals surface area contributed by atoms with E-state index in [-0.39, 0.29) is 5.56 Å². The first-order valence-corrected chi connectivity index (χ1v) is 8.74. The molecule has 0 aliphatic heterocycles. The number of fused-ring (bicyclic) bond motifs is 4. The second-order valence-corrected chi connectivity index (χ2v) is 6.91. The van der Waals surface area contributed by atoms with Gasteiger partial charge in [-0.05, 0) is 26.2 Å². The molecule has 0 saturated carbocycles. The Hall–Kier alpha value is -2.70. The predicted octanol–water partition coefficient (Wildman–Crippen LogP) is 2.77. The van der Waals surface area contributed by atoms with Crippen molar-refractivity contribution in [2.45, 2.75) is 47.2 Å². The van der Waals surface area contributed by atoms with Crippen LogP contribution in [0.3, 0.4) is 0 Å². The van der Waals surface area contributed by atoms with Crippen LogP contribution in [0.4, 0.5) is 0 Å². The molecule has 0 bridgehead atoms. The second kappa shape index (κ2) is 5.68. The Morgan fingerprint density at radius 2 is 2.00 bits per heavy atom. The molecule has 0 aliphatic rings. The lowest BCUT2D eigenvalue weighted by atomic mass is 10.1. The molecule has 25 heavy (non-hydrogen) atoms. The van der Waals surface area contributed by atoms with Gasteiger partial charge in [-0.15, -0.1) is 0 Å². The molecule has 0 aromatic carbocycles. The van der Waals surface area contributed by atoms with Crippen LogP contribution in [0.5, 0.6) is 0 Å². The maximum Gasteiger partial charge on any atom is 0.283 e. The first-order valence-electron chi connectivity index (χ1n) is 8.74. The fourth-order valence-corrected chi connectivity index (χ4v) is 3.36. The standard InChI is InChI=1S/C18H22N6O/c1-5-23-17-13(10-20-23)16-14(9-19-17)18(25)24-15(8-12(4)21-24)22(16)7-6-11(2)3/h8-11H,5-7H2,1-4H3. The summed E-state index contributed by atoms with van der Waals surface area (Å²) in [6.07, 6.45) is 4.50. The third kappa shape index (κ3) is 2.33. The van der Waals surface area contributed by atoms with Crippen LogP contribution in [0.25, 0.3) is 27.6 Å². The van der Waals surface area contributed by atoms with Crippen LogP contribution >= 0.6 is 0 Å². The van der Waals surface area contributed by atoms with Gasteiger partial charge in [0, 0.05) is 25.4 Å². The molecule has 0 spiro atoms. The Bertz CT molecular complexity index is 1150. The first-order chi connectivity index (χ1) is 12.0. The first kappa shape index (κ1) is 15.8. The van der Waals surface area contributed by atoms with Crippen LogP contribution in [0.15, 0.2) is 23.3 Å². The van der Waals surface area contributed by atoms with Crippen molar-refractivity contribution in [3.05, 3.63) is 34.5 Å². The minimum atomic E-state index is -0.127. The largest absolute Gasteiger partial charge is 0.325 e. The molecular formula is C18H22N6O. The van der Waals surface area contributed by atoms with E-state index in [9.17, 15) is 4.79 Å². The SMILES string of the molecule is CCn1ncc2c1ncc1c(=O)n3nc(C)cc3n(CCC(C)C)c12. The summed E-state index contributed by atoms with van der Waals surface area (Å²) in [5, 5.41) is 10.3. The molecule has 4 aromatic rings. The highest BCUT2D eigenvalue weighted by atomic mass is 16.1. The van der Waals surface area contributed by atoms with Gasteiger partial charge in [-0.2, -0.15) is 14.7 Å². The van der Waals surface area contributed by atoms with Gasteiger partial charge in [-0.1, -0.05) is 13.8 Å². The number of aromatic nitrogens is 6. The van der Waals surface area contributed by atoms with Gasteiger partial charge >= 0.3 is 0 Å². The molecule has 4 heterocycles. The molecule has 0 atom stereocenters. The van der Waals surface area contributed by atoms with Crippen LogP contribution in [-0.4, -0.2) is 28.9 Å². The van der Waals surface area contributed by atoms with Crippen LogP contribution in [0.2, 0.25) is 0 Å². The van der Waals surface area contributed by atoms with Crippen LogP contribution < -0.4 is 5.56 Å². The van der Waals surface area contributed by atoms with E-state index in [0.29, 0.717) is 11.3 Å². The van der Waals surface area contributed by atoms with E-state index >= 15 is 0 Å². The Morgan fingerprint density at radius 1 is 1.20 bits per heavy atom. The summed E-state index contributed by atoms with van der Waals surface area (Å²) >= 11 is 0. The quantitative estimate of drug-likeness (QED) is 0.574. The summed E-state index contributed by atoms with van der Waals surface area (Å²) < 4.78 is 5.55. The number of pyridine rings is 1. The van der Waals surface area contributed by atoms with Crippen molar-refractivity contribution in [2.24, 2.45) is 5.92 Å². The Labute approximate surface area is 144 Å². The zero-order valence-electron chi connectivity index (χ0n) is 15.0. The van der Waals surface area contributed by atoms with Crippen molar-refractivity contribution in [3.8, 4) is 0 Å². The number of rotatable bonds is 4. The number of nitrogens with zero attached hydrogens (tertiary/aromatic N) is 6. The van der Waals surface area contributed by atoms with Gasteiger partial charge in [-0.3, -0.25) is 4.79 Å². The average molecular weight is 338 g/mol. The van der Waals surface area contributed by atoms with Crippen molar-refractivity contribution in [2.75, 3.05) is 0 Å². The van der Waals surface area contributed by atoms with E-state index in [4.69, 9.17) is 0 Å². The van der Waals surface area contributed by atoms with Gasteiger partial charge in [0.1, 0.15) is 5.65 Å². The van der Waals surface area contributed by atoms with E-state index in [1.165, 1.54) is 4.52 Å². The van der Waals surface area contributed by atoms with Crippen molar-refractivity contribution in [1.82, 2.24) is 28.9 Å². The van der Waals surface area contributed by atoms with Gasteiger partial charge in [0.05, 0.1) is 28.2 Å². The Morgan fingerprint density at radius 3 is 2.72 bits per heavy atom. The Kier molecular flexibility index (Phi) is 3.59. The molecule has 0 N–H and O–H groups in total. The fraction of sp³-hybridized carbons (Fsp3) is 0.444. The summed E-state index contributed by atoms with van der Waals surface area (Å²) in [7, 11) is 0. The summed E-state index contributed by atoms with van der Waals surface area (Å²) in [6, 6.07) is 1.97. The summed E-state index contributed by atoms with van der Waals surface area (Å²) in [5.41, 5.74) is 3.25. The number of hydrogen-bond donors (Lipinski definition) is 0. The lowest BCUT2D eigenvalue weighted by Gasteiger charge is -2.15. The van der Waals surface area contributed by atoms with E-state index in [1.807, 2.05) is 30.8 Å². The molecule has 7 nitrogen and oxygen atoms in total. The zero-order valence-corrected chi connectivity index (χ0v) is 15.0. The molecule has 7 heteroatoms. The lowest BCUT2D eigenvalue weighted by molar-refractivity contribution is 0.526. The highest BCUT2D eigenvalue weighted by Gasteiger charge is 2.17. The maximum atomic E-state index is 12.9. The minimum Gasteiger partial charge on any atom is -0.325 e. The molecule has 0 amide bonds. The topological polar surface area (TPSA) is 70.0 Å². The van der Waals surface area contributed by atoms with Crippen LogP contribution in [0.1, 0.15) is 32.9 Å². The van der Waals surface area contributed by atoms with Gasteiger partial charge < -0.3 is 4.57 Å². The maximum absolute atomic E-state index is 12.9. The molecule has 4 rings (SSSR count). The van der Waals surface area contributed by atoms with Crippen molar-refractivity contribution in [3.63, 3.8) is 0 Å². The smallest absolute Gasteiger partial charge is 0.283 e. The van der Waals surface area contributed by atoms with Gasteiger partial charge in [0.15, 0.2) is 5.65 Å². The highest BCUT2D eigenvalue weighted by Crippen LogP contribution is 2.24. The number of aryl methyl sites for hydroxylation is 3. The third-order valence-corrected chi connectivity index (χ3v) is 4.65. The molecule has 4 aromatic heterocycles. The summed E-state index contributed by atoms with van der Waals surface area (Å²) in [5.74, 6) is 0.564. The zero-order chi connectivity index (χ0) is 17.7. The monoisotopic (exact) mass is 338 g/mol. The molecular weight excluding hydrogens is 316 g/mol. The highest BCUT2D eigenvalue weighted by molar-refractivity contribution is 6.02. The molecule has 0 unspecified atom stereocenters. The molecule has 0 fully saturated rings. The van der Waals surface area contributed by atoms with Crippen LogP contribution in [0, 0.1) is 12.8 Å². The van der Waals surface area contributed by atoms with E-state index in [2.05, 4.69) is 33.6 Å². The summed E-state index contributed by atoms with van der Waals surface area (Å²) in [6.45, 7) is 9.91.